The van der Waals surface area contributed by atoms with E-state index in [9.17, 15) is 14.6 Å². The van der Waals surface area contributed by atoms with E-state index in [1.165, 1.54) is 0 Å². The van der Waals surface area contributed by atoms with Crippen molar-refractivity contribution in [1.82, 2.24) is 10.2 Å². The van der Waals surface area contributed by atoms with Crippen LogP contribution in [0.25, 0.3) is 0 Å². The predicted octanol–water partition coefficient (Wildman–Crippen LogP) is 2.78. The average Bonchev–Trinajstić information content (AvgIpc) is 2.67. The number of carbonyl (C=O) groups is 1. The highest BCUT2D eigenvalue weighted by molar-refractivity contribution is 7.64. The van der Waals surface area contributed by atoms with Gasteiger partial charge in [0.1, 0.15) is 6.04 Å². The first-order valence-electron chi connectivity index (χ1n) is 8.59. The van der Waals surface area contributed by atoms with Crippen molar-refractivity contribution in [2.45, 2.75) is 32.9 Å². The molecule has 138 valence electrons. The zero-order valence-corrected chi connectivity index (χ0v) is 15.8. The average molecular weight is 374 g/mol. The van der Waals surface area contributed by atoms with Crippen molar-refractivity contribution >= 4 is 18.7 Å². The first-order valence-corrected chi connectivity index (χ1v) is 10.2. The Labute approximate surface area is 153 Å². The van der Waals surface area contributed by atoms with E-state index < -0.39 is 19.5 Å². The molecule has 0 spiro atoms. The van der Waals surface area contributed by atoms with Crippen LogP contribution in [0.5, 0.6) is 0 Å². The molecule has 26 heavy (non-hydrogen) atoms. The topological polar surface area (TPSA) is 78.9 Å². The second-order valence-electron chi connectivity index (χ2n) is 6.34. The molecular weight excluding hydrogens is 351 g/mol. The van der Waals surface area contributed by atoms with E-state index in [4.69, 9.17) is 4.52 Å². The molecule has 7 heteroatoms. The number of hydrogen-bond donors (Lipinski definition) is 2. The van der Waals surface area contributed by atoms with Gasteiger partial charge in [0.25, 0.3) is 5.91 Å². The summed E-state index contributed by atoms with van der Waals surface area (Å²) in [6.07, 6.45) is 0.353. The van der Waals surface area contributed by atoms with Gasteiger partial charge in [0.2, 0.25) is 0 Å². The standard InChI is InChI=1S/C19H23N2O4P/c1-3-25-26(24,17-10-8-14(2)9-11-17)21-13-16-7-5-4-6-15(16)12-18(21)19(22)20-23/h4-11,18,23H,3,12-13H2,1-2H3,(H,20,22)/t18-,26-/m1/s1. The van der Waals surface area contributed by atoms with Crippen molar-refractivity contribution in [2.24, 2.45) is 0 Å². The lowest BCUT2D eigenvalue weighted by Crippen LogP contribution is -2.49. The van der Waals surface area contributed by atoms with Crippen LogP contribution in [0.2, 0.25) is 0 Å². The molecule has 1 aliphatic rings. The van der Waals surface area contributed by atoms with E-state index in [-0.39, 0.29) is 6.61 Å². The van der Waals surface area contributed by atoms with Gasteiger partial charge < -0.3 is 4.52 Å². The van der Waals surface area contributed by atoms with Gasteiger partial charge >= 0.3 is 7.52 Å². The first-order chi connectivity index (χ1) is 12.5. The lowest BCUT2D eigenvalue weighted by Gasteiger charge is -2.39. The molecular formula is C19H23N2O4P. The van der Waals surface area contributed by atoms with Crippen LogP contribution in [0.15, 0.2) is 48.5 Å². The Morgan fingerprint density at radius 3 is 2.50 bits per heavy atom. The number of carbonyl (C=O) groups excluding carboxylic acids is 1. The molecule has 0 aromatic heterocycles. The Bertz CT molecular complexity index is 838. The summed E-state index contributed by atoms with van der Waals surface area (Å²) in [6, 6.07) is 14.3. The minimum absolute atomic E-state index is 0.247. The van der Waals surface area contributed by atoms with Crippen LogP contribution >= 0.6 is 7.52 Å². The summed E-state index contributed by atoms with van der Waals surface area (Å²) in [5.41, 5.74) is 4.77. The highest BCUT2D eigenvalue weighted by Gasteiger charge is 2.44. The molecule has 6 nitrogen and oxygen atoms in total. The van der Waals surface area contributed by atoms with E-state index >= 15 is 0 Å². The molecule has 0 unspecified atom stereocenters. The fraction of sp³-hybridized carbons (Fsp3) is 0.316. The van der Waals surface area contributed by atoms with Crippen LogP contribution < -0.4 is 10.8 Å². The number of rotatable bonds is 5. The van der Waals surface area contributed by atoms with E-state index in [0.29, 0.717) is 18.3 Å². The van der Waals surface area contributed by atoms with E-state index in [1.807, 2.05) is 43.3 Å². The normalized spacial score (nSPS) is 19.4. The van der Waals surface area contributed by atoms with Crippen LogP contribution in [-0.2, 0) is 26.8 Å². The van der Waals surface area contributed by atoms with Gasteiger partial charge in [-0.15, -0.1) is 0 Å². The number of hydroxylamine groups is 1. The van der Waals surface area contributed by atoms with Crippen molar-refractivity contribution in [3.8, 4) is 0 Å². The second-order valence-corrected chi connectivity index (χ2v) is 8.67. The molecule has 0 aliphatic carbocycles. The third kappa shape index (κ3) is 3.46. The van der Waals surface area contributed by atoms with Crippen LogP contribution in [0, 0.1) is 6.92 Å². The monoisotopic (exact) mass is 374 g/mol. The Morgan fingerprint density at radius 2 is 1.88 bits per heavy atom. The molecule has 2 aromatic carbocycles. The summed E-state index contributed by atoms with van der Waals surface area (Å²) in [5.74, 6) is -0.591. The van der Waals surface area contributed by atoms with Gasteiger partial charge in [0.15, 0.2) is 0 Å². The molecule has 0 bridgehead atoms. The number of benzene rings is 2. The van der Waals surface area contributed by atoms with Gasteiger partial charge in [-0.25, -0.2) is 10.2 Å². The third-order valence-electron chi connectivity index (χ3n) is 4.64. The molecule has 0 saturated heterocycles. The molecule has 0 fully saturated rings. The fourth-order valence-corrected chi connectivity index (χ4v) is 5.66. The van der Waals surface area contributed by atoms with Crippen LogP contribution in [-0.4, -0.2) is 28.4 Å². The number of nitrogens with zero attached hydrogens (tertiary/aromatic N) is 1. The van der Waals surface area contributed by atoms with Crippen molar-refractivity contribution in [2.75, 3.05) is 6.61 Å². The number of nitrogens with one attached hydrogen (secondary N) is 1. The Kier molecular flexibility index (Phi) is 5.58. The van der Waals surface area contributed by atoms with Crippen LogP contribution in [0.4, 0.5) is 0 Å². The summed E-state index contributed by atoms with van der Waals surface area (Å²) < 4.78 is 21.3. The lowest BCUT2D eigenvalue weighted by atomic mass is 9.95. The summed E-state index contributed by atoms with van der Waals surface area (Å²) in [4.78, 5) is 12.3. The summed E-state index contributed by atoms with van der Waals surface area (Å²) in [7, 11) is -3.48. The molecule has 3 rings (SSSR count). The zero-order chi connectivity index (χ0) is 18.7. The maximum atomic E-state index is 14.0. The van der Waals surface area contributed by atoms with Crippen molar-refractivity contribution in [1.29, 1.82) is 0 Å². The predicted molar refractivity (Wildman–Crippen MR) is 99.5 cm³/mol. The van der Waals surface area contributed by atoms with Crippen molar-refractivity contribution < 1.29 is 19.1 Å². The lowest BCUT2D eigenvalue weighted by molar-refractivity contribution is -0.133. The van der Waals surface area contributed by atoms with Gasteiger partial charge in [-0.3, -0.25) is 14.6 Å². The molecule has 2 aromatic rings. The van der Waals surface area contributed by atoms with Gasteiger partial charge in [-0.05, 0) is 43.5 Å². The van der Waals surface area contributed by atoms with Gasteiger partial charge in [0.05, 0.1) is 11.9 Å². The molecule has 1 aliphatic heterocycles. The highest BCUT2D eigenvalue weighted by Crippen LogP contribution is 2.53. The van der Waals surface area contributed by atoms with Crippen LogP contribution in [0.3, 0.4) is 0 Å². The van der Waals surface area contributed by atoms with Gasteiger partial charge in [-0.1, -0.05) is 42.0 Å². The molecule has 0 radical (unpaired) electrons. The van der Waals surface area contributed by atoms with Gasteiger partial charge in [-0.2, -0.15) is 0 Å². The van der Waals surface area contributed by atoms with E-state index in [0.717, 1.165) is 16.7 Å². The third-order valence-corrected chi connectivity index (χ3v) is 7.29. The van der Waals surface area contributed by atoms with Crippen LogP contribution in [0.1, 0.15) is 23.6 Å². The van der Waals surface area contributed by atoms with Crippen molar-refractivity contribution in [3.63, 3.8) is 0 Å². The first kappa shape index (κ1) is 18.8. The SMILES string of the molecule is CCO[P@](=O)(c1ccc(C)cc1)N1Cc2ccccc2C[C@@H]1C(=O)NO. The minimum atomic E-state index is -3.48. The summed E-state index contributed by atoms with van der Waals surface area (Å²) in [5, 5.41) is 9.74. The number of hydrogen-bond acceptors (Lipinski definition) is 4. The Hall–Kier alpha value is -1.98. The maximum Gasteiger partial charge on any atom is 0.303 e. The molecule has 1 heterocycles. The smallest absolute Gasteiger partial charge is 0.303 e. The van der Waals surface area contributed by atoms with E-state index in [2.05, 4.69) is 0 Å². The molecule has 2 N–H and O–H groups in total. The van der Waals surface area contributed by atoms with E-state index in [1.54, 1.807) is 29.2 Å². The quantitative estimate of drug-likeness (QED) is 0.478. The second kappa shape index (κ2) is 7.72. The Balaban J connectivity index is 2.09. The summed E-state index contributed by atoms with van der Waals surface area (Å²) >= 11 is 0. The fourth-order valence-electron chi connectivity index (χ4n) is 3.29. The zero-order valence-electron chi connectivity index (χ0n) is 14.9. The largest absolute Gasteiger partial charge is 0.314 e. The highest BCUT2D eigenvalue weighted by atomic mass is 31.2. The van der Waals surface area contributed by atoms with Gasteiger partial charge in [0, 0.05) is 6.54 Å². The molecule has 1 amide bonds. The number of aryl methyl sites for hydroxylation is 1. The minimum Gasteiger partial charge on any atom is -0.314 e. The Morgan fingerprint density at radius 1 is 1.23 bits per heavy atom. The van der Waals surface area contributed by atoms with Crippen molar-refractivity contribution in [3.05, 3.63) is 65.2 Å². The molecule has 0 saturated carbocycles. The maximum absolute atomic E-state index is 14.0. The number of fused-ring (bicyclic) bond motifs is 1. The number of amides is 1. The molecule has 2 atom stereocenters. The summed E-state index contributed by atoms with van der Waals surface area (Å²) in [6.45, 7) is 4.28.